The summed E-state index contributed by atoms with van der Waals surface area (Å²) in [5.41, 5.74) is 3.88. The molecule has 178 valence electrons. The number of anilines is 2. The Morgan fingerprint density at radius 1 is 0.971 bits per heavy atom. The molecule has 1 atom stereocenters. The van der Waals surface area contributed by atoms with E-state index < -0.39 is 11.9 Å². The van der Waals surface area contributed by atoms with Crippen LogP contribution in [0.25, 0.3) is 11.1 Å². The van der Waals surface area contributed by atoms with Crippen molar-refractivity contribution in [3.8, 4) is 11.1 Å². The molecular weight excluding hydrogens is 489 g/mol. The van der Waals surface area contributed by atoms with Crippen molar-refractivity contribution in [2.75, 3.05) is 17.7 Å². The smallest absolute Gasteiger partial charge is 0.340 e. The predicted molar refractivity (Wildman–Crippen MR) is 136 cm³/mol. The fraction of sp³-hybridized carbons (Fsp3) is 0.115. The Hall–Kier alpha value is -3.81. The molecule has 0 saturated heterocycles. The van der Waals surface area contributed by atoms with Gasteiger partial charge in [0, 0.05) is 12.1 Å². The van der Waals surface area contributed by atoms with E-state index in [1.54, 1.807) is 24.3 Å². The average Bonchev–Trinajstić information content (AvgIpc) is 3.41. The van der Waals surface area contributed by atoms with Crippen LogP contribution in [0.1, 0.15) is 39.4 Å². The summed E-state index contributed by atoms with van der Waals surface area (Å²) >= 11 is 12.6. The molecule has 0 saturated carbocycles. The van der Waals surface area contributed by atoms with Crippen LogP contribution in [0.5, 0.6) is 0 Å². The van der Waals surface area contributed by atoms with Gasteiger partial charge in [0.15, 0.2) is 0 Å². The SMILES string of the molecule is COC(=O)c1c(Cl)cccc1-c1ccc(C(C)Nc2cccc(Cl)c2NC(=O)c2ccno2)cc1. The minimum absolute atomic E-state index is 0.0758. The Labute approximate surface area is 212 Å². The van der Waals surface area contributed by atoms with Crippen molar-refractivity contribution in [1.29, 1.82) is 0 Å². The third kappa shape index (κ3) is 5.31. The Balaban J connectivity index is 1.56. The second-order valence-corrected chi connectivity index (χ2v) is 8.45. The van der Waals surface area contributed by atoms with Crippen LogP contribution in [0.4, 0.5) is 11.4 Å². The van der Waals surface area contributed by atoms with Crippen LogP contribution >= 0.6 is 23.2 Å². The van der Waals surface area contributed by atoms with Crippen LogP contribution in [0.3, 0.4) is 0 Å². The summed E-state index contributed by atoms with van der Waals surface area (Å²) < 4.78 is 9.82. The van der Waals surface area contributed by atoms with Crippen LogP contribution in [-0.2, 0) is 4.74 Å². The monoisotopic (exact) mass is 509 g/mol. The summed E-state index contributed by atoms with van der Waals surface area (Å²) in [4.78, 5) is 24.7. The first-order chi connectivity index (χ1) is 16.9. The first kappa shape index (κ1) is 24.3. The van der Waals surface area contributed by atoms with Crippen LogP contribution in [0.2, 0.25) is 10.0 Å². The summed E-state index contributed by atoms with van der Waals surface area (Å²) in [6, 6.07) is 19.6. The van der Waals surface area contributed by atoms with Gasteiger partial charge in [-0.25, -0.2) is 4.79 Å². The molecule has 0 bridgehead atoms. The lowest BCUT2D eigenvalue weighted by Gasteiger charge is -2.20. The van der Waals surface area contributed by atoms with E-state index >= 15 is 0 Å². The number of para-hydroxylation sites is 1. The molecule has 4 rings (SSSR count). The van der Waals surface area contributed by atoms with Gasteiger partial charge >= 0.3 is 5.97 Å². The van der Waals surface area contributed by atoms with E-state index in [4.69, 9.17) is 32.5 Å². The molecule has 1 amide bonds. The molecule has 0 aliphatic rings. The van der Waals surface area contributed by atoms with Crippen molar-refractivity contribution in [3.63, 3.8) is 0 Å². The van der Waals surface area contributed by atoms with Gasteiger partial charge in [-0.2, -0.15) is 0 Å². The van der Waals surface area contributed by atoms with E-state index in [2.05, 4.69) is 15.8 Å². The number of carbonyl (C=O) groups is 2. The second-order valence-electron chi connectivity index (χ2n) is 7.64. The molecule has 2 N–H and O–H groups in total. The number of carbonyl (C=O) groups excluding carboxylic acids is 2. The molecular formula is C26H21Cl2N3O4. The number of aromatic nitrogens is 1. The van der Waals surface area contributed by atoms with Gasteiger partial charge in [0.2, 0.25) is 5.76 Å². The average molecular weight is 510 g/mol. The second kappa shape index (κ2) is 10.6. The third-order valence-corrected chi connectivity index (χ3v) is 6.04. The summed E-state index contributed by atoms with van der Waals surface area (Å²) in [6.45, 7) is 1.98. The van der Waals surface area contributed by atoms with Gasteiger partial charge < -0.3 is 19.9 Å². The van der Waals surface area contributed by atoms with Crippen LogP contribution in [-0.4, -0.2) is 24.1 Å². The number of ether oxygens (including phenoxy) is 1. The first-order valence-electron chi connectivity index (χ1n) is 10.6. The molecule has 9 heteroatoms. The minimum Gasteiger partial charge on any atom is -0.465 e. The molecule has 7 nitrogen and oxygen atoms in total. The molecule has 0 spiro atoms. The van der Waals surface area contributed by atoms with Crippen LogP contribution in [0, 0.1) is 0 Å². The zero-order valence-electron chi connectivity index (χ0n) is 18.8. The van der Waals surface area contributed by atoms with Crippen molar-refractivity contribution in [3.05, 3.63) is 99.9 Å². The van der Waals surface area contributed by atoms with Gasteiger partial charge in [-0.15, -0.1) is 0 Å². The van der Waals surface area contributed by atoms with Crippen molar-refractivity contribution < 1.29 is 18.8 Å². The summed E-state index contributed by atoms with van der Waals surface area (Å²) in [5.74, 6) is -0.879. The number of rotatable bonds is 7. The molecule has 1 unspecified atom stereocenters. The number of methoxy groups -OCH3 is 1. The van der Waals surface area contributed by atoms with Gasteiger partial charge in [-0.05, 0) is 41.8 Å². The topological polar surface area (TPSA) is 93.5 Å². The molecule has 0 radical (unpaired) electrons. The first-order valence-corrected chi connectivity index (χ1v) is 11.4. The molecule has 4 aromatic rings. The number of amides is 1. The van der Waals surface area contributed by atoms with Crippen molar-refractivity contribution in [2.45, 2.75) is 13.0 Å². The highest BCUT2D eigenvalue weighted by Gasteiger charge is 2.19. The quantitative estimate of drug-likeness (QED) is 0.264. The Morgan fingerprint density at radius 2 is 1.69 bits per heavy atom. The number of nitrogens with zero attached hydrogens (tertiary/aromatic N) is 1. The van der Waals surface area contributed by atoms with E-state index in [1.165, 1.54) is 19.4 Å². The van der Waals surface area contributed by atoms with E-state index in [0.29, 0.717) is 32.5 Å². The van der Waals surface area contributed by atoms with Crippen LogP contribution < -0.4 is 10.6 Å². The number of nitrogens with one attached hydrogen (secondary N) is 2. The maximum atomic E-state index is 12.5. The fourth-order valence-electron chi connectivity index (χ4n) is 3.62. The van der Waals surface area contributed by atoms with E-state index in [0.717, 1.165) is 11.1 Å². The Bertz CT molecular complexity index is 1360. The maximum Gasteiger partial charge on any atom is 0.340 e. The molecule has 1 heterocycles. The number of esters is 1. The lowest BCUT2D eigenvalue weighted by atomic mass is 9.97. The van der Waals surface area contributed by atoms with Crippen molar-refractivity contribution >= 4 is 46.5 Å². The molecule has 35 heavy (non-hydrogen) atoms. The molecule has 0 aliphatic heterocycles. The van der Waals surface area contributed by atoms with Crippen molar-refractivity contribution in [2.24, 2.45) is 0 Å². The highest BCUT2D eigenvalue weighted by molar-refractivity contribution is 6.35. The van der Waals surface area contributed by atoms with E-state index in [1.807, 2.05) is 43.3 Å². The number of hydrogen-bond donors (Lipinski definition) is 2. The summed E-state index contributed by atoms with van der Waals surface area (Å²) in [7, 11) is 1.32. The Kier molecular flexibility index (Phi) is 7.39. The van der Waals surface area contributed by atoms with Crippen LogP contribution in [0.15, 0.2) is 77.4 Å². The lowest BCUT2D eigenvalue weighted by molar-refractivity contribution is 0.0601. The molecule has 0 fully saturated rings. The van der Waals surface area contributed by atoms with Gasteiger partial charge in [0.25, 0.3) is 5.91 Å². The summed E-state index contributed by atoms with van der Waals surface area (Å²) in [5, 5.41) is 10.4. The van der Waals surface area contributed by atoms with Crippen molar-refractivity contribution in [1.82, 2.24) is 5.16 Å². The summed E-state index contributed by atoms with van der Waals surface area (Å²) in [6.07, 6.45) is 1.39. The standard InChI is InChI=1S/C26H21Cl2N3O4/c1-15(30-21-8-4-7-20(28)24(21)31-25(32)22-13-14-29-35-22)16-9-11-17(12-10-16)18-5-3-6-19(27)23(18)26(33)34-2/h3-15,30H,1-2H3,(H,31,32). The predicted octanol–water partition coefficient (Wildman–Crippen LogP) is 6.86. The number of hydrogen-bond acceptors (Lipinski definition) is 6. The number of halogens is 2. The van der Waals surface area contributed by atoms with Gasteiger partial charge in [-0.3, -0.25) is 4.79 Å². The zero-order valence-corrected chi connectivity index (χ0v) is 20.4. The molecule has 1 aromatic heterocycles. The van der Waals surface area contributed by atoms with E-state index in [9.17, 15) is 9.59 Å². The fourth-order valence-corrected chi connectivity index (χ4v) is 4.10. The Morgan fingerprint density at radius 3 is 2.37 bits per heavy atom. The zero-order chi connectivity index (χ0) is 24.9. The van der Waals surface area contributed by atoms with Gasteiger partial charge in [0.05, 0.1) is 40.3 Å². The van der Waals surface area contributed by atoms with Gasteiger partial charge in [-0.1, -0.05) is 70.8 Å². The number of benzene rings is 3. The molecule has 0 aliphatic carbocycles. The third-order valence-electron chi connectivity index (χ3n) is 5.41. The highest BCUT2D eigenvalue weighted by Crippen LogP contribution is 2.34. The molecule has 3 aromatic carbocycles. The lowest BCUT2D eigenvalue weighted by Crippen LogP contribution is -2.15. The van der Waals surface area contributed by atoms with E-state index in [-0.39, 0.29) is 11.8 Å². The highest BCUT2D eigenvalue weighted by atomic mass is 35.5. The maximum absolute atomic E-state index is 12.5. The van der Waals surface area contributed by atoms with Gasteiger partial charge in [0.1, 0.15) is 0 Å². The minimum atomic E-state index is -0.495. The largest absolute Gasteiger partial charge is 0.465 e. The normalized spacial score (nSPS) is 11.5.